The molecular formula is C58H42N2. The van der Waals surface area contributed by atoms with E-state index in [4.69, 9.17) is 0 Å². The molecule has 1 atom stereocenters. The number of hydrogen-bond donors (Lipinski definition) is 0. The van der Waals surface area contributed by atoms with Crippen LogP contribution in [-0.2, 0) is 0 Å². The summed E-state index contributed by atoms with van der Waals surface area (Å²) in [5.41, 5.74) is 15.5. The van der Waals surface area contributed by atoms with E-state index in [-0.39, 0.29) is 0 Å². The Bertz CT molecular complexity index is 3200. The number of allylic oxidation sites excluding steroid dienone is 4. The van der Waals surface area contributed by atoms with E-state index in [1.807, 2.05) is 0 Å². The van der Waals surface area contributed by atoms with Crippen LogP contribution < -0.4 is 4.90 Å². The van der Waals surface area contributed by atoms with Crippen molar-refractivity contribution in [2.75, 3.05) is 4.90 Å². The smallest absolute Gasteiger partial charge is 0.0541 e. The fourth-order valence-corrected chi connectivity index (χ4v) is 9.07. The predicted octanol–water partition coefficient (Wildman–Crippen LogP) is 16.0. The van der Waals surface area contributed by atoms with Gasteiger partial charge in [-0.2, -0.15) is 0 Å². The number of anilines is 3. The highest BCUT2D eigenvalue weighted by Gasteiger charge is 2.18. The Balaban J connectivity index is 0.933. The van der Waals surface area contributed by atoms with Crippen molar-refractivity contribution in [2.45, 2.75) is 12.3 Å². The zero-order valence-corrected chi connectivity index (χ0v) is 33.2. The Morgan fingerprint density at radius 3 is 1.75 bits per heavy atom. The molecule has 10 aromatic rings. The van der Waals surface area contributed by atoms with Crippen LogP contribution in [0.3, 0.4) is 0 Å². The van der Waals surface area contributed by atoms with Crippen molar-refractivity contribution in [2.24, 2.45) is 0 Å². The maximum atomic E-state index is 2.40. The van der Waals surface area contributed by atoms with Gasteiger partial charge in [0.15, 0.2) is 0 Å². The number of para-hydroxylation sites is 1. The highest BCUT2D eigenvalue weighted by atomic mass is 15.1. The van der Waals surface area contributed by atoms with Crippen molar-refractivity contribution in [1.29, 1.82) is 0 Å². The van der Waals surface area contributed by atoms with Gasteiger partial charge in [-0.05, 0) is 117 Å². The van der Waals surface area contributed by atoms with Crippen LogP contribution in [0.4, 0.5) is 17.1 Å². The Morgan fingerprint density at radius 2 is 0.967 bits per heavy atom. The summed E-state index contributed by atoms with van der Waals surface area (Å²) in [6, 6.07) is 77.6. The zero-order chi connectivity index (χ0) is 39.8. The molecule has 0 fully saturated rings. The van der Waals surface area contributed by atoms with E-state index in [1.54, 1.807) is 0 Å². The number of hydrogen-bond acceptors (Lipinski definition) is 1. The number of benzene rings is 9. The first-order valence-electron chi connectivity index (χ1n) is 20.9. The molecule has 0 amide bonds. The summed E-state index contributed by atoms with van der Waals surface area (Å²) >= 11 is 0. The van der Waals surface area contributed by atoms with Crippen LogP contribution in [-0.4, -0.2) is 4.57 Å². The molecule has 0 saturated heterocycles. The van der Waals surface area contributed by atoms with Crippen LogP contribution in [0.5, 0.6) is 0 Å². The predicted molar refractivity (Wildman–Crippen MR) is 255 cm³/mol. The molecule has 0 aliphatic heterocycles. The summed E-state index contributed by atoms with van der Waals surface area (Å²) in [6.45, 7) is 0. The van der Waals surface area contributed by atoms with Crippen molar-refractivity contribution in [3.63, 3.8) is 0 Å². The van der Waals surface area contributed by atoms with Gasteiger partial charge in [0.2, 0.25) is 0 Å². The standard InChI is InChI=1S/C58H42N2/c1-3-13-41(14-4-1)43-25-32-50(33-26-43)59(56-24-12-18-46-17-7-8-21-53(46)56)51-34-29-45(30-35-51)47-19-11-20-48(39-47)49-31-38-58-55(40-49)54-22-9-10-23-57(54)60(58)52-36-27-44(28-37-52)42-15-5-2-6-16-42/h1-13,15-41H,14H2. The maximum Gasteiger partial charge on any atom is 0.0541 e. The Morgan fingerprint density at radius 1 is 0.400 bits per heavy atom. The maximum absolute atomic E-state index is 2.40. The summed E-state index contributed by atoms with van der Waals surface area (Å²) in [5.74, 6) is 0.413. The normalized spacial score (nSPS) is 13.6. The molecule has 9 aromatic carbocycles. The lowest BCUT2D eigenvalue weighted by Gasteiger charge is -2.27. The number of aromatic nitrogens is 1. The first-order chi connectivity index (χ1) is 29.7. The minimum atomic E-state index is 0.413. The fourth-order valence-electron chi connectivity index (χ4n) is 9.07. The molecule has 60 heavy (non-hydrogen) atoms. The van der Waals surface area contributed by atoms with E-state index in [0.29, 0.717) is 5.92 Å². The van der Waals surface area contributed by atoms with Crippen LogP contribution in [0.15, 0.2) is 237 Å². The molecular weight excluding hydrogens is 725 g/mol. The molecule has 1 heterocycles. The quantitative estimate of drug-likeness (QED) is 0.150. The molecule has 1 aromatic heterocycles. The molecule has 11 rings (SSSR count). The third kappa shape index (κ3) is 6.49. The van der Waals surface area contributed by atoms with Gasteiger partial charge in [-0.1, -0.05) is 170 Å². The molecule has 2 nitrogen and oxygen atoms in total. The summed E-state index contributed by atoms with van der Waals surface area (Å²) in [4.78, 5) is 2.40. The van der Waals surface area contributed by atoms with Crippen LogP contribution >= 0.6 is 0 Å². The molecule has 0 N–H and O–H groups in total. The third-order valence-corrected chi connectivity index (χ3v) is 12.1. The first-order valence-corrected chi connectivity index (χ1v) is 20.9. The van der Waals surface area contributed by atoms with Crippen molar-refractivity contribution in [3.05, 3.63) is 242 Å². The molecule has 0 saturated carbocycles. The lowest BCUT2D eigenvalue weighted by Crippen LogP contribution is -2.10. The van der Waals surface area contributed by atoms with E-state index < -0.39 is 0 Å². The van der Waals surface area contributed by atoms with Gasteiger partial charge in [0.25, 0.3) is 0 Å². The zero-order valence-electron chi connectivity index (χ0n) is 33.2. The van der Waals surface area contributed by atoms with E-state index >= 15 is 0 Å². The van der Waals surface area contributed by atoms with Gasteiger partial charge in [0.1, 0.15) is 0 Å². The van der Waals surface area contributed by atoms with Crippen LogP contribution in [0, 0.1) is 0 Å². The third-order valence-electron chi connectivity index (χ3n) is 12.1. The second-order valence-electron chi connectivity index (χ2n) is 15.7. The lowest BCUT2D eigenvalue weighted by atomic mass is 9.92. The SMILES string of the molecule is C1=CCC(c2ccc(N(c3ccc(-c4cccc(-c5ccc6c(c5)c5ccccc5n6-c5ccc(-c6ccccc6)cc5)c4)cc3)c3cccc4ccccc34)cc2)C=C1. The van der Waals surface area contributed by atoms with Crippen molar-refractivity contribution < 1.29 is 0 Å². The molecule has 0 spiro atoms. The van der Waals surface area contributed by atoms with Gasteiger partial charge in [0.05, 0.1) is 16.7 Å². The number of nitrogens with zero attached hydrogens (tertiary/aromatic N) is 2. The van der Waals surface area contributed by atoms with Crippen molar-refractivity contribution in [1.82, 2.24) is 4.57 Å². The molecule has 2 heteroatoms. The summed E-state index contributed by atoms with van der Waals surface area (Å²) in [6.07, 6.45) is 9.89. The highest BCUT2D eigenvalue weighted by Crippen LogP contribution is 2.41. The van der Waals surface area contributed by atoms with Gasteiger partial charge < -0.3 is 9.47 Å². The van der Waals surface area contributed by atoms with Gasteiger partial charge in [0, 0.05) is 39.1 Å². The average Bonchev–Trinajstić information content (AvgIpc) is 3.66. The Labute approximate surface area is 351 Å². The van der Waals surface area contributed by atoms with E-state index in [0.717, 1.165) is 29.2 Å². The molecule has 0 radical (unpaired) electrons. The topological polar surface area (TPSA) is 8.17 Å². The minimum absolute atomic E-state index is 0.413. The Hall–Kier alpha value is -7.68. The molecule has 1 aliphatic carbocycles. The second-order valence-corrected chi connectivity index (χ2v) is 15.7. The summed E-state index contributed by atoms with van der Waals surface area (Å²) in [7, 11) is 0. The van der Waals surface area contributed by atoms with Gasteiger partial charge >= 0.3 is 0 Å². The average molecular weight is 767 g/mol. The number of rotatable bonds is 8. The first kappa shape index (κ1) is 35.5. The summed E-state index contributed by atoms with van der Waals surface area (Å²) < 4.78 is 2.39. The minimum Gasteiger partial charge on any atom is -0.310 e. The van der Waals surface area contributed by atoms with Crippen LogP contribution in [0.25, 0.3) is 71.6 Å². The van der Waals surface area contributed by atoms with E-state index in [1.165, 1.54) is 71.5 Å². The largest absolute Gasteiger partial charge is 0.310 e. The highest BCUT2D eigenvalue weighted by molar-refractivity contribution is 6.10. The second kappa shape index (κ2) is 15.2. The van der Waals surface area contributed by atoms with E-state index in [9.17, 15) is 0 Å². The Kier molecular flexibility index (Phi) is 9.02. The van der Waals surface area contributed by atoms with Crippen molar-refractivity contribution in [3.8, 4) is 39.1 Å². The summed E-state index contributed by atoms with van der Waals surface area (Å²) in [5, 5.41) is 4.95. The fraction of sp³-hybridized carbons (Fsp3) is 0.0345. The lowest BCUT2D eigenvalue weighted by molar-refractivity contribution is 0.854. The van der Waals surface area contributed by atoms with E-state index in [2.05, 4.69) is 246 Å². The molecule has 284 valence electrons. The number of fused-ring (bicyclic) bond motifs is 4. The molecule has 0 bridgehead atoms. The monoisotopic (exact) mass is 766 g/mol. The molecule has 1 aliphatic rings. The molecule has 1 unspecified atom stereocenters. The van der Waals surface area contributed by atoms with Gasteiger partial charge in [-0.3, -0.25) is 0 Å². The van der Waals surface area contributed by atoms with Crippen LogP contribution in [0.1, 0.15) is 17.9 Å². The van der Waals surface area contributed by atoms with Gasteiger partial charge in [-0.25, -0.2) is 0 Å². The van der Waals surface area contributed by atoms with Crippen molar-refractivity contribution >= 4 is 49.6 Å². The van der Waals surface area contributed by atoms with Gasteiger partial charge in [-0.15, -0.1) is 0 Å². The van der Waals surface area contributed by atoms with Crippen LogP contribution in [0.2, 0.25) is 0 Å².